The first-order valence-electron chi connectivity index (χ1n) is 6.55. The molecule has 0 aromatic carbocycles. The molecule has 1 saturated heterocycles. The zero-order valence-electron chi connectivity index (χ0n) is 11.8. The van der Waals surface area contributed by atoms with Gasteiger partial charge in [-0.05, 0) is 19.8 Å². The van der Waals surface area contributed by atoms with Gasteiger partial charge in [0.05, 0.1) is 12.6 Å². The highest BCUT2D eigenvalue weighted by atomic mass is 16.2. The van der Waals surface area contributed by atoms with Crippen LogP contribution in [0.4, 0.5) is 0 Å². The third kappa shape index (κ3) is 3.97. The smallest absolute Gasteiger partial charge is 0.235 e. The van der Waals surface area contributed by atoms with Crippen LogP contribution in [0.2, 0.25) is 0 Å². The van der Waals surface area contributed by atoms with Gasteiger partial charge in [0.2, 0.25) is 5.91 Å². The highest BCUT2D eigenvalue weighted by molar-refractivity contribution is 5.79. The normalized spacial score (nSPS) is 24.3. The lowest BCUT2D eigenvalue weighted by atomic mass is 9.90. The van der Waals surface area contributed by atoms with Gasteiger partial charge in [-0.3, -0.25) is 9.69 Å². The monoisotopic (exact) mass is 252 g/mol. The van der Waals surface area contributed by atoms with Crippen LogP contribution in [0.1, 0.15) is 27.7 Å². The molecule has 0 saturated carbocycles. The van der Waals surface area contributed by atoms with E-state index in [4.69, 9.17) is 5.26 Å². The lowest BCUT2D eigenvalue weighted by Gasteiger charge is -2.33. The molecule has 5 nitrogen and oxygen atoms in total. The molecule has 0 aromatic heterocycles. The molecule has 1 aliphatic rings. The largest absolute Gasteiger partial charge is 0.337 e. The number of amides is 1. The lowest BCUT2D eigenvalue weighted by molar-refractivity contribution is -0.124. The van der Waals surface area contributed by atoms with Crippen molar-refractivity contribution < 1.29 is 4.79 Å². The minimum atomic E-state index is -0.781. The molecule has 18 heavy (non-hydrogen) atoms. The van der Waals surface area contributed by atoms with E-state index in [0.29, 0.717) is 12.6 Å². The van der Waals surface area contributed by atoms with Crippen molar-refractivity contribution in [2.45, 2.75) is 39.3 Å². The van der Waals surface area contributed by atoms with Gasteiger partial charge in [-0.25, -0.2) is 0 Å². The standard InChI is InChI=1S/C13H24N4O/c1-10(2)13(4,9-14)16-12(18)8-17-6-5-15-11(3)7-17/h10-11,15H,5-8H2,1-4H3,(H,16,18)/t11-,13?/m0/s1. The summed E-state index contributed by atoms with van der Waals surface area (Å²) in [5.74, 6) is 0.0234. The molecule has 1 unspecified atom stereocenters. The van der Waals surface area contributed by atoms with Gasteiger partial charge < -0.3 is 10.6 Å². The Labute approximate surface area is 110 Å². The Morgan fingerprint density at radius 1 is 1.67 bits per heavy atom. The van der Waals surface area contributed by atoms with Crippen LogP contribution in [0.5, 0.6) is 0 Å². The van der Waals surface area contributed by atoms with Gasteiger partial charge in [-0.15, -0.1) is 0 Å². The highest BCUT2D eigenvalue weighted by Gasteiger charge is 2.30. The molecule has 5 heteroatoms. The van der Waals surface area contributed by atoms with Crippen LogP contribution in [0.3, 0.4) is 0 Å². The number of carbonyl (C=O) groups is 1. The van der Waals surface area contributed by atoms with Crippen molar-refractivity contribution >= 4 is 5.91 Å². The van der Waals surface area contributed by atoms with Crippen LogP contribution in [0.25, 0.3) is 0 Å². The number of hydrogen-bond acceptors (Lipinski definition) is 4. The summed E-state index contributed by atoms with van der Waals surface area (Å²) in [6, 6.07) is 2.61. The minimum absolute atomic E-state index is 0.0677. The average Bonchev–Trinajstić information content (AvgIpc) is 2.28. The van der Waals surface area contributed by atoms with E-state index in [9.17, 15) is 4.79 Å². The van der Waals surface area contributed by atoms with Crippen LogP contribution in [-0.2, 0) is 4.79 Å². The predicted octanol–water partition coefficient (Wildman–Crippen LogP) is 0.335. The van der Waals surface area contributed by atoms with Crippen LogP contribution >= 0.6 is 0 Å². The zero-order valence-corrected chi connectivity index (χ0v) is 11.8. The van der Waals surface area contributed by atoms with E-state index in [0.717, 1.165) is 19.6 Å². The molecule has 2 atom stereocenters. The number of nitrogens with zero attached hydrogens (tertiary/aromatic N) is 2. The van der Waals surface area contributed by atoms with Crippen molar-refractivity contribution in [3.05, 3.63) is 0 Å². The number of rotatable bonds is 4. The van der Waals surface area contributed by atoms with Crippen molar-refractivity contribution in [3.63, 3.8) is 0 Å². The van der Waals surface area contributed by atoms with Crippen molar-refractivity contribution in [1.29, 1.82) is 5.26 Å². The molecule has 0 spiro atoms. The van der Waals surface area contributed by atoms with Crippen LogP contribution < -0.4 is 10.6 Å². The summed E-state index contributed by atoms with van der Waals surface area (Å²) in [5, 5.41) is 15.3. The number of piperazine rings is 1. The molecule has 0 aliphatic carbocycles. The Morgan fingerprint density at radius 3 is 2.83 bits per heavy atom. The topological polar surface area (TPSA) is 68.2 Å². The predicted molar refractivity (Wildman–Crippen MR) is 70.9 cm³/mol. The van der Waals surface area contributed by atoms with Crippen LogP contribution in [-0.4, -0.2) is 48.6 Å². The fraction of sp³-hybridized carbons (Fsp3) is 0.846. The maximum Gasteiger partial charge on any atom is 0.235 e. The highest BCUT2D eigenvalue weighted by Crippen LogP contribution is 2.14. The molecule has 1 rings (SSSR count). The Balaban J connectivity index is 2.48. The minimum Gasteiger partial charge on any atom is -0.337 e. The molecular weight excluding hydrogens is 228 g/mol. The third-order valence-corrected chi connectivity index (χ3v) is 3.61. The van der Waals surface area contributed by atoms with Gasteiger partial charge >= 0.3 is 0 Å². The number of carbonyl (C=O) groups excluding carboxylic acids is 1. The summed E-state index contributed by atoms with van der Waals surface area (Å²) in [6.45, 7) is 10.8. The molecule has 1 amide bonds. The summed E-state index contributed by atoms with van der Waals surface area (Å²) in [7, 11) is 0. The Bertz CT molecular complexity index is 336. The fourth-order valence-corrected chi connectivity index (χ4v) is 1.99. The van der Waals surface area contributed by atoms with E-state index >= 15 is 0 Å². The molecule has 1 heterocycles. The second-order valence-corrected chi connectivity index (χ2v) is 5.61. The second kappa shape index (κ2) is 6.17. The molecule has 0 radical (unpaired) electrons. The molecule has 102 valence electrons. The van der Waals surface area contributed by atoms with Gasteiger partial charge in [0, 0.05) is 25.7 Å². The lowest BCUT2D eigenvalue weighted by Crippen LogP contribution is -2.55. The molecule has 0 bridgehead atoms. The van der Waals surface area contributed by atoms with Gasteiger partial charge in [0.1, 0.15) is 5.54 Å². The van der Waals surface area contributed by atoms with Gasteiger partial charge in [0.15, 0.2) is 0 Å². The van der Waals surface area contributed by atoms with Gasteiger partial charge in [-0.2, -0.15) is 5.26 Å². The van der Waals surface area contributed by atoms with Crippen LogP contribution in [0, 0.1) is 17.2 Å². The van der Waals surface area contributed by atoms with E-state index in [-0.39, 0.29) is 11.8 Å². The van der Waals surface area contributed by atoms with Crippen LogP contribution in [0.15, 0.2) is 0 Å². The van der Waals surface area contributed by atoms with Gasteiger partial charge in [-0.1, -0.05) is 13.8 Å². The number of nitrogens with one attached hydrogen (secondary N) is 2. The summed E-state index contributed by atoms with van der Waals surface area (Å²) in [6.07, 6.45) is 0. The Kier molecular flexibility index (Phi) is 5.12. The summed E-state index contributed by atoms with van der Waals surface area (Å²) in [4.78, 5) is 14.1. The van der Waals surface area contributed by atoms with Crippen molar-refractivity contribution in [3.8, 4) is 6.07 Å². The molecular formula is C13H24N4O. The maximum atomic E-state index is 12.0. The third-order valence-electron chi connectivity index (χ3n) is 3.61. The number of hydrogen-bond donors (Lipinski definition) is 2. The first-order chi connectivity index (χ1) is 8.37. The molecule has 0 aromatic rings. The van der Waals surface area contributed by atoms with E-state index in [1.807, 2.05) is 13.8 Å². The fourth-order valence-electron chi connectivity index (χ4n) is 1.99. The van der Waals surface area contributed by atoms with Crippen molar-refractivity contribution in [1.82, 2.24) is 15.5 Å². The first-order valence-corrected chi connectivity index (χ1v) is 6.55. The summed E-state index contributed by atoms with van der Waals surface area (Å²) < 4.78 is 0. The SMILES string of the molecule is CC(C)C(C)(C#N)NC(=O)CN1CCN[C@@H](C)C1. The summed E-state index contributed by atoms with van der Waals surface area (Å²) >= 11 is 0. The zero-order chi connectivity index (χ0) is 13.8. The first kappa shape index (κ1) is 14.9. The summed E-state index contributed by atoms with van der Waals surface area (Å²) in [5.41, 5.74) is -0.781. The van der Waals surface area contributed by atoms with Crippen molar-refractivity contribution in [2.24, 2.45) is 5.92 Å². The molecule has 1 fully saturated rings. The second-order valence-electron chi connectivity index (χ2n) is 5.61. The van der Waals surface area contributed by atoms with E-state index < -0.39 is 5.54 Å². The van der Waals surface area contributed by atoms with E-state index in [1.165, 1.54) is 0 Å². The van der Waals surface area contributed by atoms with E-state index in [2.05, 4.69) is 28.5 Å². The molecule has 2 N–H and O–H groups in total. The van der Waals surface area contributed by atoms with Gasteiger partial charge in [0.25, 0.3) is 0 Å². The van der Waals surface area contributed by atoms with Crippen molar-refractivity contribution in [2.75, 3.05) is 26.2 Å². The average molecular weight is 252 g/mol. The van der Waals surface area contributed by atoms with E-state index in [1.54, 1.807) is 6.92 Å². The Hall–Kier alpha value is -1.12. The maximum absolute atomic E-state index is 12.0. The quantitative estimate of drug-likeness (QED) is 0.757. The molecule has 1 aliphatic heterocycles. The Morgan fingerprint density at radius 2 is 2.33 bits per heavy atom. The number of nitriles is 1.